The van der Waals surface area contributed by atoms with Crippen molar-refractivity contribution in [1.29, 1.82) is 0 Å². The topological polar surface area (TPSA) is 110 Å². The van der Waals surface area contributed by atoms with E-state index in [1.54, 1.807) is 0 Å². The zero-order valence-corrected chi connectivity index (χ0v) is 40.2. The molecule has 0 saturated heterocycles. The second kappa shape index (κ2) is 48.8. The Bertz CT molecular complexity index is 909. The van der Waals surface area contributed by atoms with E-state index in [-0.39, 0.29) is 0 Å². The minimum atomic E-state index is -1.28. The zero-order valence-electron chi connectivity index (χ0n) is 40.2. The maximum atomic E-state index is 12.4. The summed E-state index contributed by atoms with van der Waals surface area (Å²) in [4.78, 5) is 12.4. The van der Waals surface area contributed by atoms with Gasteiger partial charge in [-0.2, -0.15) is 0 Å². The lowest BCUT2D eigenvalue weighted by Crippen LogP contribution is -2.53. The highest BCUT2D eigenvalue weighted by Crippen LogP contribution is 2.17. The number of rotatable bonds is 49. The molecule has 0 radical (unpaired) electrons. The van der Waals surface area contributed by atoms with Crippen LogP contribution in [0.3, 0.4) is 0 Å². The van der Waals surface area contributed by atoms with Crippen LogP contribution in [0.15, 0.2) is 24.3 Å². The molecule has 0 aliphatic carbocycles. The Balaban J connectivity index is 3.42. The number of hydrogen-bond donors (Lipinski definition) is 5. The summed E-state index contributed by atoms with van der Waals surface area (Å²) < 4.78 is 0. The summed E-state index contributed by atoms with van der Waals surface area (Å²) in [5.41, 5.74) is 0. The van der Waals surface area contributed by atoms with Gasteiger partial charge in [0.05, 0.1) is 18.8 Å². The van der Waals surface area contributed by atoms with Gasteiger partial charge in [-0.05, 0) is 57.8 Å². The van der Waals surface area contributed by atoms with Crippen molar-refractivity contribution >= 4 is 5.91 Å². The normalized spacial score (nSPS) is 14.0. The summed E-state index contributed by atoms with van der Waals surface area (Å²) in [6, 6.07) is -0.997. The summed E-state index contributed by atoms with van der Waals surface area (Å²) in [7, 11) is 0. The Kier molecular flexibility index (Phi) is 47.8. The lowest BCUT2D eigenvalue weighted by molar-refractivity contribution is -0.132. The van der Waals surface area contributed by atoms with Crippen molar-refractivity contribution in [2.45, 2.75) is 308 Å². The lowest BCUT2D eigenvalue weighted by Gasteiger charge is -2.27. The van der Waals surface area contributed by atoms with Gasteiger partial charge in [-0.1, -0.05) is 250 Å². The fourth-order valence-corrected chi connectivity index (χ4v) is 8.41. The molecule has 60 heavy (non-hydrogen) atoms. The van der Waals surface area contributed by atoms with Crippen molar-refractivity contribution in [3.8, 4) is 0 Å². The maximum Gasteiger partial charge on any atom is 0.249 e. The quantitative estimate of drug-likeness (QED) is 0.0309. The van der Waals surface area contributed by atoms with Gasteiger partial charge in [0.1, 0.15) is 12.2 Å². The number of carbonyl (C=O) groups excluding carboxylic acids is 1. The van der Waals surface area contributed by atoms with Gasteiger partial charge in [-0.3, -0.25) is 4.79 Å². The van der Waals surface area contributed by atoms with E-state index in [2.05, 4.69) is 43.5 Å². The van der Waals surface area contributed by atoms with Crippen molar-refractivity contribution in [3.05, 3.63) is 24.3 Å². The first-order chi connectivity index (χ1) is 29.5. The number of allylic oxidation sites excluding steroid dienone is 4. The molecule has 0 bridgehead atoms. The number of aliphatic hydroxyl groups is 4. The van der Waals surface area contributed by atoms with Gasteiger partial charge < -0.3 is 25.7 Å². The zero-order chi connectivity index (χ0) is 43.8. The summed E-state index contributed by atoms with van der Waals surface area (Å²) in [5.74, 6) is -0.595. The van der Waals surface area contributed by atoms with Crippen LogP contribution in [-0.2, 0) is 4.79 Å². The minimum Gasteiger partial charge on any atom is -0.394 e. The molecule has 4 unspecified atom stereocenters. The Morgan fingerprint density at radius 2 is 0.717 bits per heavy atom. The van der Waals surface area contributed by atoms with Crippen LogP contribution in [0.2, 0.25) is 0 Å². The molecule has 6 heteroatoms. The Morgan fingerprint density at radius 3 is 1.07 bits per heavy atom. The summed E-state index contributed by atoms with van der Waals surface area (Å²) in [5, 5.41) is 43.3. The molecule has 0 aromatic rings. The van der Waals surface area contributed by atoms with E-state index in [0.29, 0.717) is 19.3 Å². The Labute approximate surface area is 374 Å². The largest absolute Gasteiger partial charge is 0.394 e. The Hall–Kier alpha value is -1.21. The average Bonchev–Trinajstić information content (AvgIpc) is 3.25. The molecule has 356 valence electrons. The van der Waals surface area contributed by atoms with E-state index in [9.17, 15) is 25.2 Å². The highest BCUT2D eigenvalue weighted by molar-refractivity contribution is 5.80. The van der Waals surface area contributed by atoms with Crippen LogP contribution in [-0.4, -0.2) is 57.3 Å². The molecular weight excluding hydrogens is 743 g/mol. The molecule has 0 rings (SSSR count). The highest BCUT2D eigenvalue weighted by Gasteiger charge is 2.28. The summed E-state index contributed by atoms with van der Waals surface area (Å²) in [6.45, 7) is 3.93. The monoisotopic (exact) mass is 848 g/mol. The predicted octanol–water partition coefficient (Wildman–Crippen LogP) is 15.1. The van der Waals surface area contributed by atoms with Crippen LogP contribution >= 0.6 is 0 Å². The summed E-state index contributed by atoms with van der Waals surface area (Å²) >= 11 is 0. The number of nitrogens with one attached hydrogen (secondary N) is 1. The first-order valence-electron chi connectivity index (χ1n) is 26.7. The van der Waals surface area contributed by atoms with Crippen LogP contribution in [0.5, 0.6) is 0 Å². The molecule has 1 amide bonds. The molecule has 0 aromatic heterocycles. The van der Waals surface area contributed by atoms with Crippen LogP contribution in [0.4, 0.5) is 0 Å². The third kappa shape index (κ3) is 42.1. The van der Waals surface area contributed by atoms with Crippen molar-refractivity contribution in [1.82, 2.24) is 5.32 Å². The van der Waals surface area contributed by atoms with E-state index < -0.39 is 36.9 Å². The molecule has 0 aromatic carbocycles. The van der Waals surface area contributed by atoms with Gasteiger partial charge in [0.2, 0.25) is 5.91 Å². The first kappa shape index (κ1) is 58.8. The van der Waals surface area contributed by atoms with E-state index in [1.165, 1.54) is 212 Å². The smallest absolute Gasteiger partial charge is 0.249 e. The fraction of sp³-hybridized carbons (Fsp3) is 0.907. The molecule has 0 aliphatic heterocycles. The lowest BCUT2D eigenvalue weighted by atomic mass is 10.00. The van der Waals surface area contributed by atoms with Crippen LogP contribution in [0.25, 0.3) is 0 Å². The predicted molar refractivity (Wildman–Crippen MR) is 261 cm³/mol. The van der Waals surface area contributed by atoms with Gasteiger partial charge in [0.15, 0.2) is 0 Å². The van der Waals surface area contributed by atoms with Crippen molar-refractivity contribution in [3.63, 3.8) is 0 Å². The van der Waals surface area contributed by atoms with E-state index in [1.807, 2.05) is 0 Å². The molecule has 0 fully saturated rings. The molecule has 0 heterocycles. The number of carbonyl (C=O) groups is 1. The highest BCUT2D eigenvalue weighted by atomic mass is 16.3. The molecule has 5 N–H and O–H groups in total. The Morgan fingerprint density at radius 1 is 0.400 bits per heavy atom. The molecule has 0 saturated carbocycles. The maximum absolute atomic E-state index is 12.4. The van der Waals surface area contributed by atoms with Crippen molar-refractivity contribution < 1.29 is 25.2 Å². The minimum absolute atomic E-state index is 0.365. The molecule has 0 aliphatic rings. The fourth-order valence-electron chi connectivity index (χ4n) is 8.41. The van der Waals surface area contributed by atoms with E-state index >= 15 is 0 Å². The second-order valence-corrected chi connectivity index (χ2v) is 18.6. The number of aliphatic hydroxyl groups excluding tert-OH is 4. The molecule has 4 atom stereocenters. The van der Waals surface area contributed by atoms with Crippen LogP contribution < -0.4 is 5.32 Å². The van der Waals surface area contributed by atoms with Gasteiger partial charge in [-0.25, -0.2) is 0 Å². The van der Waals surface area contributed by atoms with Gasteiger partial charge >= 0.3 is 0 Å². The summed E-state index contributed by atoms with van der Waals surface area (Å²) in [6.07, 6.45) is 59.0. The number of hydrogen-bond acceptors (Lipinski definition) is 5. The van der Waals surface area contributed by atoms with E-state index in [4.69, 9.17) is 0 Å². The third-order valence-electron chi connectivity index (χ3n) is 12.6. The van der Waals surface area contributed by atoms with Gasteiger partial charge in [0.25, 0.3) is 0 Å². The SMILES string of the molecule is CCC/C=C/CCCC(O)C(O)C(CO)NC(=O)C(O)CCCCCCCCCCCCCCCCCC/C=C\CCCCCCCCCCCCCCCCCCCC. The second-order valence-electron chi connectivity index (χ2n) is 18.6. The molecule has 6 nitrogen and oxygen atoms in total. The van der Waals surface area contributed by atoms with Crippen LogP contribution in [0.1, 0.15) is 284 Å². The number of unbranched alkanes of at least 4 members (excludes halogenated alkanes) is 36. The van der Waals surface area contributed by atoms with Crippen molar-refractivity contribution in [2.24, 2.45) is 0 Å². The average molecular weight is 848 g/mol. The number of amides is 1. The first-order valence-corrected chi connectivity index (χ1v) is 26.7. The van der Waals surface area contributed by atoms with Gasteiger partial charge in [0, 0.05) is 0 Å². The molecular formula is C54H105NO5. The third-order valence-corrected chi connectivity index (χ3v) is 12.6. The van der Waals surface area contributed by atoms with E-state index in [0.717, 1.165) is 38.5 Å². The van der Waals surface area contributed by atoms with Gasteiger partial charge in [-0.15, -0.1) is 0 Å². The standard InChI is InChI=1S/C54H105NO5/c1-3-5-7-9-11-12-13-14-15-16-17-18-19-20-21-22-23-24-25-26-27-28-29-30-31-32-33-34-35-36-37-38-39-40-41-42-44-46-48-52(58)54(60)55-50(49-56)53(59)51(57)47-45-43-10-8-6-4-2/h8,10,26-27,50-53,56-59H,3-7,9,11-25,28-49H2,1-2H3,(H,55,60)/b10-8+,27-26-. The van der Waals surface area contributed by atoms with Crippen LogP contribution in [0, 0.1) is 0 Å². The molecule has 0 spiro atoms. The van der Waals surface area contributed by atoms with Crippen molar-refractivity contribution in [2.75, 3.05) is 6.61 Å².